The molecular weight excluding hydrogens is 931 g/mol. The summed E-state index contributed by atoms with van der Waals surface area (Å²) in [4.78, 5) is 28.1. The predicted molar refractivity (Wildman–Crippen MR) is 184 cm³/mol. The van der Waals surface area contributed by atoms with E-state index in [-0.39, 0.29) is 24.0 Å². The number of hydrogen-bond donors (Lipinski definition) is 0. The Bertz CT molecular complexity index is 2550. The molecule has 0 radical (unpaired) electrons. The minimum absolute atomic E-state index is 0.00439. The molecule has 6 aromatic rings. The van der Waals surface area contributed by atoms with E-state index in [1.54, 1.807) is 35.3 Å². The minimum atomic E-state index is -7.22. The van der Waals surface area contributed by atoms with Gasteiger partial charge in [0, 0.05) is 11.5 Å². The lowest BCUT2D eigenvalue weighted by Crippen LogP contribution is -2.81. The summed E-state index contributed by atoms with van der Waals surface area (Å²) in [7, 11) is 0. The highest BCUT2D eigenvalue weighted by Gasteiger charge is 2.52. The van der Waals surface area contributed by atoms with Crippen molar-refractivity contribution in [1.29, 1.82) is 0 Å². The average molecular weight is 948 g/mol. The van der Waals surface area contributed by atoms with Gasteiger partial charge in [-0.3, -0.25) is 9.59 Å². The number of Topliss-reactive ketones (excluding diaryl/α,β-unsaturated/α-hetero) is 2. The van der Waals surface area contributed by atoms with Crippen molar-refractivity contribution in [2.24, 2.45) is 5.92 Å². The van der Waals surface area contributed by atoms with Crippen LogP contribution in [0.1, 0.15) is 34.7 Å². The van der Waals surface area contributed by atoms with Gasteiger partial charge in [0.05, 0.1) is 6.20 Å². The quantitative estimate of drug-likeness (QED) is 0.0370. The highest BCUT2D eigenvalue weighted by atomic mass is 19.2. The van der Waals surface area contributed by atoms with Gasteiger partial charge < -0.3 is 0 Å². The van der Waals surface area contributed by atoms with E-state index in [2.05, 4.69) is 4.98 Å². The first-order valence-electron chi connectivity index (χ1n) is 17.5. The second-order valence-electron chi connectivity index (χ2n) is 13.7. The van der Waals surface area contributed by atoms with Crippen LogP contribution in [0, 0.1) is 122 Å². The van der Waals surface area contributed by atoms with Crippen molar-refractivity contribution in [2.45, 2.75) is 20.4 Å². The van der Waals surface area contributed by atoms with E-state index >= 15 is 35.1 Å². The van der Waals surface area contributed by atoms with Crippen molar-refractivity contribution in [2.75, 3.05) is 0 Å². The van der Waals surface area contributed by atoms with Crippen LogP contribution in [0.15, 0.2) is 48.9 Å². The second-order valence-corrected chi connectivity index (χ2v) is 13.7. The van der Waals surface area contributed by atoms with E-state index in [9.17, 15) is 62.3 Å². The van der Waals surface area contributed by atoms with Gasteiger partial charge in [-0.1, -0.05) is 44.2 Å². The molecule has 0 saturated heterocycles. The van der Waals surface area contributed by atoms with Crippen molar-refractivity contribution >= 4 is 39.6 Å². The molecule has 65 heavy (non-hydrogen) atoms. The Morgan fingerprint density at radius 1 is 0.462 bits per heavy atom. The monoisotopic (exact) mass is 948 g/mol. The van der Waals surface area contributed by atoms with Crippen LogP contribution >= 0.6 is 0 Å². The molecule has 0 N–H and O–H groups in total. The van der Waals surface area contributed by atoms with Crippen molar-refractivity contribution < 1.29 is 102 Å². The van der Waals surface area contributed by atoms with Gasteiger partial charge in [0.1, 0.15) is 52.7 Å². The zero-order chi connectivity index (χ0) is 48.9. The van der Waals surface area contributed by atoms with E-state index in [1.165, 1.54) is 0 Å². The molecule has 0 aliphatic heterocycles. The highest BCUT2D eigenvalue weighted by molar-refractivity contribution is 7.20. The molecule has 0 atom stereocenters. The number of aromatic nitrogens is 2. The van der Waals surface area contributed by atoms with Crippen LogP contribution in [0.3, 0.4) is 0 Å². The lowest BCUT2D eigenvalue weighted by molar-refractivity contribution is -0.683. The summed E-state index contributed by atoms with van der Waals surface area (Å²) in [5.41, 5.74) is -13.3. The Kier molecular flexibility index (Phi) is 13.9. The number of benzene rings is 5. The topological polar surface area (TPSA) is 50.9 Å². The molecule has 0 saturated carbocycles. The molecular formula is C40H17BF20N2O2. The summed E-state index contributed by atoms with van der Waals surface area (Å²) < 4.78 is 296. The number of halogens is 20. The van der Waals surface area contributed by atoms with Crippen LogP contribution in [0.5, 0.6) is 0 Å². The third-order valence-electron chi connectivity index (χ3n) is 9.67. The highest BCUT2D eigenvalue weighted by Crippen LogP contribution is 2.30. The van der Waals surface area contributed by atoms with Gasteiger partial charge in [0.2, 0.25) is 12.3 Å². The van der Waals surface area contributed by atoms with Crippen LogP contribution in [-0.4, -0.2) is 22.7 Å². The first-order valence-corrected chi connectivity index (χ1v) is 17.5. The fourth-order valence-electron chi connectivity index (χ4n) is 6.71. The summed E-state index contributed by atoms with van der Waals surface area (Å²) in [6, 6.07) is 9.10. The van der Waals surface area contributed by atoms with Crippen molar-refractivity contribution in [3.8, 4) is 0 Å². The van der Waals surface area contributed by atoms with Gasteiger partial charge in [-0.2, -0.15) is 4.57 Å². The van der Waals surface area contributed by atoms with Crippen LogP contribution in [0.4, 0.5) is 87.8 Å². The molecule has 0 aliphatic carbocycles. The molecule has 1 aromatic heterocycles. The zero-order valence-corrected chi connectivity index (χ0v) is 31.8. The first kappa shape index (κ1) is 49.2. The molecule has 1 heterocycles. The number of carbonyl (C=O) groups excluding carboxylic acids is 2. The van der Waals surface area contributed by atoms with Crippen LogP contribution < -0.4 is 26.4 Å². The standard InChI is InChI=1S/C24BF20.C16H17N2O2/c26-5-1(6(27)14(35)21(42)13(5)34)25(2-7(28)15(36)22(43)16(37)8(2)29,3-9(30)17(38)23(44)18(39)10(3)31)4-11(32)19(40)24(45)20(41)12(4)33;1-12(2)16(20)14-10-18(9-8-17-14)11-15(19)13-6-4-3-5-7-13/h;3-10,12H,11H2,1-2H3/q-1;+1. The lowest BCUT2D eigenvalue weighted by atomic mass is 9.12. The third-order valence-corrected chi connectivity index (χ3v) is 9.67. The molecule has 6 rings (SSSR count). The summed E-state index contributed by atoms with van der Waals surface area (Å²) in [5, 5.41) is 0. The number of carbonyl (C=O) groups is 2. The second kappa shape index (κ2) is 18.3. The van der Waals surface area contributed by atoms with Crippen LogP contribution in [0.2, 0.25) is 0 Å². The summed E-state index contributed by atoms with van der Waals surface area (Å²) in [5.74, 6) is -71.5. The lowest BCUT2D eigenvalue weighted by Gasteiger charge is -2.44. The smallest absolute Gasteiger partial charge is 0.227 e. The van der Waals surface area contributed by atoms with Crippen molar-refractivity contribution in [1.82, 2.24) is 4.98 Å². The fourth-order valence-corrected chi connectivity index (χ4v) is 6.71. The number of rotatable bonds is 9. The summed E-state index contributed by atoms with van der Waals surface area (Å²) in [6.07, 6.45) is -2.35. The van der Waals surface area contributed by atoms with Gasteiger partial charge in [-0.15, -0.1) is 21.9 Å². The Morgan fingerprint density at radius 3 is 1.02 bits per heavy atom. The van der Waals surface area contributed by atoms with E-state index in [0.29, 0.717) is 11.3 Å². The first-order chi connectivity index (χ1) is 30.3. The SMILES string of the molecule is CC(C)C(=O)c1c[n+](CC(=O)c2ccccc2)ccn1.Fc1c(F)c(F)c([B-](c2c(F)c(F)c(F)c(F)c2F)(c2c(F)c(F)c(F)c(F)c2F)c2c(F)c(F)c(F)c(F)c2F)c(F)c1F. The van der Waals surface area contributed by atoms with Gasteiger partial charge in [0.25, 0.3) is 0 Å². The number of nitrogens with zero attached hydrogens (tertiary/aromatic N) is 2. The molecule has 0 amide bonds. The van der Waals surface area contributed by atoms with Crippen LogP contribution in [0.25, 0.3) is 0 Å². The summed E-state index contributed by atoms with van der Waals surface area (Å²) >= 11 is 0. The van der Waals surface area contributed by atoms with E-state index in [1.807, 2.05) is 32.0 Å². The largest absolute Gasteiger partial charge is 0.292 e. The van der Waals surface area contributed by atoms with Crippen LogP contribution in [-0.2, 0) is 6.54 Å². The maximum Gasteiger partial charge on any atom is 0.227 e. The maximum atomic E-state index is 15.4. The molecule has 0 unspecified atom stereocenters. The van der Waals surface area contributed by atoms with E-state index in [0.717, 1.165) is 0 Å². The molecule has 342 valence electrons. The van der Waals surface area contributed by atoms with Crippen molar-refractivity contribution in [3.63, 3.8) is 0 Å². The third kappa shape index (κ3) is 8.04. The molecule has 0 aliphatic rings. The van der Waals surface area contributed by atoms with E-state index < -0.39 is 144 Å². The van der Waals surface area contributed by atoms with E-state index in [4.69, 9.17) is 0 Å². The fraction of sp³-hybridized carbons (Fsp3) is 0.100. The molecule has 4 nitrogen and oxygen atoms in total. The Labute approximate surface area is 349 Å². The maximum absolute atomic E-state index is 15.4. The molecule has 5 aromatic carbocycles. The van der Waals surface area contributed by atoms with Crippen molar-refractivity contribution in [3.05, 3.63) is 177 Å². The Hall–Kier alpha value is -6.82. The van der Waals surface area contributed by atoms with Gasteiger partial charge in [-0.25, -0.2) is 92.8 Å². The summed E-state index contributed by atoms with van der Waals surface area (Å²) in [6.45, 7) is 3.86. The zero-order valence-electron chi connectivity index (χ0n) is 31.8. The minimum Gasteiger partial charge on any atom is -0.292 e. The Balaban J connectivity index is 0.000000330. The molecule has 0 bridgehead atoms. The Morgan fingerprint density at radius 2 is 0.738 bits per heavy atom. The molecule has 0 spiro atoms. The van der Waals surface area contributed by atoms with Gasteiger partial charge in [-0.05, 0) is 0 Å². The predicted octanol–water partition coefficient (Wildman–Crippen LogP) is 7.94. The van der Waals surface area contributed by atoms with Gasteiger partial charge >= 0.3 is 0 Å². The molecule has 25 heteroatoms. The average Bonchev–Trinajstić information content (AvgIpc) is 3.29. The molecule has 0 fully saturated rings. The normalized spacial score (nSPS) is 11.6. The number of ketones is 2. The number of hydrogen-bond acceptors (Lipinski definition) is 3. The van der Waals surface area contributed by atoms with Gasteiger partial charge in [0.15, 0.2) is 93.7 Å².